The van der Waals surface area contributed by atoms with Crippen LogP contribution in [-0.4, -0.2) is 16.2 Å². The molecule has 0 unspecified atom stereocenters. The number of carboxylic acid groups (broad SMARTS) is 1. The molecule has 0 saturated heterocycles. The molecule has 5 heteroatoms. The minimum Gasteiger partial charge on any atom is -0.506 e. The molecular weight excluding hydrogens is 224 g/mol. The molecule has 0 atom stereocenters. The first-order valence-corrected chi connectivity index (χ1v) is 4.93. The van der Waals surface area contributed by atoms with Gasteiger partial charge in [-0.2, -0.15) is 0 Å². The largest absolute Gasteiger partial charge is 0.506 e. The molecule has 0 saturated carbocycles. The third-order valence-electron chi connectivity index (χ3n) is 1.77. The smallest absolute Gasteiger partial charge is 0.345 e. The van der Waals surface area contributed by atoms with E-state index in [2.05, 4.69) is 0 Å². The Labute approximate surface area is 88.2 Å². The van der Waals surface area contributed by atoms with Crippen LogP contribution in [0.15, 0.2) is 18.2 Å². The summed E-state index contributed by atoms with van der Waals surface area (Å²) in [6.45, 7) is 0. The van der Waals surface area contributed by atoms with Crippen molar-refractivity contribution < 1.29 is 15.0 Å². The lowest BCUT2D eigenvalue weighted by Gasteiger charge is -1.94. The number of thiophene rings is 1. The van der Waals surface area contributed by atoms with Crippen LogP contribution in [0.1, 0.15) is 9.67 Å². The molecule has 0 aliphatic rings. The van der Waals surface area contributed by atoms with Crippen LogP contribution < -0.4 is 0 Å². The van der Waals surface area contributed by atoms with Gasteiger partial charge in [0.05, 0.1) is 4.70 Å². The summed E-state index contributed by atoms with van der Waals surface area (Å²) in [5.41, 5.74) is 0. The third-order valence-corrected chi connectivity index (χ3v) is 3.15. The fraction of sp³-hybridized carbons (Fsp3) is 0. The summed E-state index contributed by atoms with van der Waals surface area (Å²) in [5, 5.41) is 19.3. The lowest BCUT2D eigenvalue weighted by atomic mass is 10.2. The SMILES string of the molecule is O=C(O)c1cc2cc(Cl)cc(O)c2s1. The predicted molar refractivity (Wildman–Crippen MR) is 55.5 cm³/mol. The number of hydrogen-bond acceptors (Lipinski definition) is 3. The Hall–Kier alpha value is -1.26. The number of hydrogen-bond donors (Lipinski definition) is 2. The van der Waals surface area contributed by atoms with E-state index in [1.54, 1.807) is 6.07 Å². The second kappa shape index (κ2) is 3.15. The van der Waals surface area contributed by atoms with Gasteiger partial charge in [0.1, 0.15) is 10.6 Å². The number of benzene rings is 1. The summed E-state index contributed by atoms with van der Waals surface area (Å²) in [6.07, 6.45) is 0. The molecule has 0 fully saturated rings. The number of halogens is 1. The highest BCUT2D eigenvalue weighted by molar-refractivity contribution is 7.21. The van der Waals surface area contributed by atoms with Gasteiger partial charge < -0.3 is 10.2 Å². The Morgan fingerprint density at radius 2 is 2.07 bits per heavy atom. The van der Waals surface area contributed by atoms with E-state index in [0.717, 1.165) is 11.3 Å². The topological polar surface area (TPSA) is 57.5 Å². The van der Waals surface area contributed by atoms with Crippen molar-refractivity contribution in [2.24, 2.45) is 0 Å². The van der Waals surface area contributed by atoms with Crippen molar-refractivity contribution in [2.45, 2.75) is 0 Å². The van der Waals surface area contributed by atoms with E-state index in [4.69, 9.17) is 16.7 Å². The maximum absolute atomic E-state index is 10.7. The van der Waals surface area contributed by atoms with Crippen molar-refractivity contribution in [1.29, 1.82) is 0 Å². The minimum absolute atomic E-state index is 0.0185. The fourth-order valence-electron chi connectivity index (χ4n) is 1.20. The molecule has 3 nitrogen and oxygen atoms in total. The normalized spacial score (nSPS) is 10.6. The van der Waals surface area contributed by atoms with Crippen molar-refractivity contribution in [3.8, 4) is 5.75 Å². The highest BCUT2D eigenvalue weighted by Gasteiger charge is 2.11. The molecule has 2 rings (SSSR count). The van der Waals surface area contributed by atoms with E-state index >= 15 is 0 Å². The Morgan fingerprint density at radius 3 is 2.71 bits per heavy atom. The summed E-state index contributed by atoms with van der Waals surface area (Å²) in [7, 11) is 0. The number of carboxylic acids is 1. The molecule has 0 amide bonds. The number of carbonyl (C=O) groups is 1. The summed E-state index contributed by atoms with van der Waals surface area (Å²) in [4.78, 5) is 10.9. The van der Waals surface area contributed by atoms with Crippen molar-refractivity contribution >= 4 is 39.0 Å². The number of phenolic OH excluding ortho intramolecular Hbond substituents is 1. The molecule has 72 valence electrons. The number of rotatable bonds is 1. The molecule has 1 aromatic heterocycles. The van der Waals surface area contributed by atoms with Crippen LogP contribution in [-0.2, 0) is 0 Å². The Kier molecular flexibility index (Phi) is 2.09. The number of fused-ring (bicyclic) bond motifs is 1. The van der Waals surface area contributed by atoms with E-state index in [1.807, 2.05) is 0 Å². The maximum atomic E-state index is 10.7. The molecule has 1 heterocycles. The lowest BCUT2D eigenvalue weighted by molar-refractivity contribution is 0.0702. The molecule has 1 aromatic carbocycles. The Bertz CT molecular complexity index is 518. The van der Waals surface area contributed by atoms with Crippen molar-refractivity contribution in [1.82, 2.24) is 0 Å². The first-order chi connectivity index (χ1) is 6.58. The fourth-order valence-corrected chi connectivity index (χ4v) is 2.32. The van der Waals surface area contributed by atoms with Crippen LogP contribution in [0.4, 0.5) is 0 Å². The average molecular weight is 229 g/mol. The molecule has 0 aliphatic heterocycles. The zero-order valence-electron chi connectivity index (χ0n) is 6.82. The van der Waals surface area contributed by atoms with Gasteiger partial charge in [0.15, 0.2) is 0 Å². The highest BCUT2D eigenvalue weighted by Crippen LogP contribution is 2.35. The molecule has 0 aliphatic carbocycles. The highest BCUT2D eigenvalue weighted by atomic mass is 35.5. The predicted octanol–water partition coefficient (Wildman–Crippen LogP) is 2.96. The quantitative estimate of drug-likeness (QED) is 0.789. The third kappa shape index (κ3) is 1.42. The number of aromatic hydroxyl groups is 1. The van der Waals surface area contributed by atoms with Crippen molar-refractivity contribution in [3.63, 3.8) is 0 Å². The number of aromatic carboxylic acids is 1. The van der Waals surface area contributed by atoms with Crippen molar-refractivity contribution in [3.05, 3.63) is 28.1 Å². The van der Waals surface area contributed by atoms with Crippen LogP contribution in [0.3, 0.4) is 0 Å². The molecule has 2 N–H and O–H groups in total. The molecule has 14 heavy (non-hydrogen) atoms. The van der Waals surface area contributed by atoms with Crippen LogP contribution in [0.5, 0.6) is 5.75 Å². The van der Waals surface area contributed by atoms with E-state index in [9.17, 15) is 9.90 Å². The van der Waals surface area contributed by atoms with Crippen LogP contribution in [0.25, 0.3) is 10.1 Å². The van der Waals surface area contributed by atoms with Gasteiger partial charge in [-0.1, -0.05) is 11.6 Å². The average Bonchev–Trinajstić information content (AvgIpc) is 2.47. The summed E-state index contributed by atoms with van der Waals surface area (Å²) in [5.74, 6) is -0.980. The molecule has 2 aromatic rings. The monoisotopic (exact) mass is 228 g/mol. The second-order valence-electron chi connectivity index (χ2n) is 2.76. The Balaban J connectivity index is 2.76. The van der Waals surface area contributed by atoms with Gasteiger partial charge in [-0.05, 0) is 23.6 Å². The van der Waals surface area contributed by atoms with Gasteiger partial charge in [-0.3, -0.25) is 0 Å². The van der Waals surface area contributed by atoms with Gasteiger partial charge in [0.2, 0.25) is 0 Å². The summed E-state index contributed by atoms with van der Waals surface area (Å²) >= 11 is 6.74. The van der Waals surface area contributed by atoms with Crippen molar-refractivity contribution in [2.75, 3.05) is 0 Å². The molecule has 0 bridgehead atoms. The number of phenols is 1. The molecule has 0 radical (unpaired) electrons. The van der Waals surface area contributed by atoms with Crippen LogP contribution in [0, 0.1) is 0 Å². The van der Waals surface area contributed by atoms with E-state index in [-0.39, 0.29) is 10.6 Å². The zero-order chi connectivity index (χ0) is 10.3. The molecule has 0 spiro atoms. The van der Waals surface area contributed by atoms with Gasteiger partial charge in [0.25, 0.3) is 0 Å². The maximum Gasteiger partial charge on any atom is 0.345 e. The summed E-state index contributed by atoms with van der Waals surface area (Å²) in [6, 6.07) is 4.51. The first-order valence-electron chi connectivity index (χ1n) is 3.73. The van der Waals surface area contributed by atoms with E-state index in [1.165, 1.54) is 12.1 Å². The second-order valence-corrected chi connectivity index (χ2v) is 4.25. The van der Waals surface area contributed by atoms with Gasteiger partial charge >= 0.3 is 5.97 Å². The lowest BCUT2D eigenvalue weighted by Crippen LogP contribution is -1.89. The summed E-state index contributed by atoms with van der Waals surface area (Å²) < 4.78 is 0.548. The van der Waals surface area contributed by atoms with E-state index in [0.29, 0.717) is 15.1 Å². The van der Waals surface area contributed by atoms with E-state index < -0.39 is 5.97 Å². The van der Waals surface area contributed by atoms with Gasteiger partial charge in [0, 0.05) is 5.02 Å². The zero-order valence-corrected chi connectivity index (χ0v) is 8.39. The van der Waals surface area contributed by atoms with Gasteiger partial charge in [-0.25, -0.2) is 4.79 Å². The Morgan fingerprint density at radius 1 is 1.36 bits per heavy atom. The first kappa shape index (κ1) is 9.30. The standard InChI is InChI=1S/C9H5ClO3S/c10-5-1-4-2-7(9(12)13)14-8(4)6(11)3-5/h1-3,11H,(H,12,13). The minimum atomic E-state index is -0.998. The van der Waals surface area contributed by atoms with Gasteiger partial charge in [-0.15, -0.1) is 11.3 Å². The molecular formula is C9H5ClO3S. The van der Waals surface area contributed by atoms with Crippen LogP contribution >= 0.6 is 22.9 Å². The van der Waals surface area contributed by atoms with Crippen LogP contribution in [0.2, 0.25) is 5.02 Å².